The summed E-state index contributed by atoms with van der Waals surface area (Å²) in [7, 11) is 0. The maximum absolute atomic E-state index is 11.1. The largest absolute Gasteiger partial charge is 0.349 e. The first kappa shape index (κ1) is 9.08. The van der Waals surface area contributed by atoms with E-state index in [9.17, 15) is 4.79 Å². The monoisotopic (exact) mass is 165 g/mol. The van der Waals surface area contributed by atoms with Crippen LogP contribution in [-0.4, -0.2) is 11.9 Å². The fraction of sp³-hybridized carbons (Fsp3) is 0.600. The van der Waals surface area contributed by atoms with Crippen molar-refractivity contribution in [3.63, 3.8) is 0 Å². The standard InChI is InChI=1S/C10H15NO/c1-3-8(2)9-6-4-5-7-10(12)11-9/h9H,1,4-7H2,2H3,(H,11,12)/t9-/m0/s1. The molecule has 66 valence electrons. The van der Waals surface area contributed by atoms with E-state index in [-0.39, 0.29) is 11.9 Å². The summed E-state index contributed by atoms with van der Waals surface area (Å²) in [5.74, 6) is 0.159. The van der Waals surface area contributed by atoms with Gasteiger partial charge in [-0.3, -0.25) is 4.79 Å². The minimum absolute atomic E-state index is 0.159. The quantitative estimate of drug-likeness (QED) is 0.589. The van der Waals surface area contributed by atoms with E-state index in [2.05, 4.69) is 17.6 Å². The molecule has 0 aliphatic carbocycles. The molecule has 1 aliphatic heterocycles. The van der Waals surface area contributed by atoms with Gasteiger partial charge >= 0.3 is 0 Å². The Morgan fingerprint density at radius 1 is 1.67 bits per heavy atom. The van der Waals surface area contributed by atoms with Gasteiger partial charge in [0.25, 0.3) is 0 Å². The third-order valence-electron chi connectivity index (χ3n) is 2.28. The van der Waals surface area contributed by atoms with Gasteiger partial charge in [-0.05, 0) is 25.3 Å². The summed E-state index contributed by atoms with van der Waals surface area (Å²) in [6, 6.07) is 0.178. The van der Waals surface area contributed by atoms with Gasteiger partial charge in [0.1, 0.15) is 0 Å². The Bertz CT molecular complexity index is 226. The van der Waals surface area contributed by atoms with Gasteiger partial charge in [0.05, 0.1) is 6.04 Å². The number of hydrogen-bond donors (Lipinski definition) is 1. The number of rotatable bonds is 1. The second kappa shape index (κ2) is 4.13. The molecular weight excluding hydrogens is 150 g/mol. The Hall–Kier alpha value is -1.01. The number of amides is 1. The van der Waals surface area contributed by atoms with Crippen molar-refractivity contribution in [2.75, 3.05) is 0 Å². The molecule has 1 fully saturated rings. The first-order valence-corrected chi connectivity index (χ1v) is 4.40. The van der Waals surface area contributed by atoms with Gasteiger partial charge < -0.3 is 5.32 Å². The molecule has 1 rings (SSSR count). The molecule has 1 amide bonds. The molecule has 1 heterocycles. The second-order valence-electron chi connectivity index (χ2n) is 3.23. The molecule has 0 spiro atoms. The fourth-order valence-electron chi connectivity index (χ4n) is 1.42. The van der Waals surface area contributed by atoms with Crippen molar-refractivity contribution in [3.05, 3.63) is 17.9 Å². The zero-order chi connectivity index (χ0) is 8.97. The molecule has 0 aromatic heterocycles. The summed E-state index contributed by atoms with van der Waals surface area (Å²) in [5.41, 5.74) is 3.88. The molecule has 0 bridgehead atoms. The van der Waals surface area contributed by atoms with Crippen molar-refractivity contribution in [3.8, 4) is 0 Å². The highest BCUT2D eigenvalue weighted by atomic mass is 16.1. The van der Waals surface area contributed by atoms with Gasteiger partial charge in [-0.2, -0.15) is 0 Å². The van der Waals surface area contributed by atoms with Gasteiger partial charge in [-0.25, -0.2) is 0 Å². The summed E-state index contributed by atoms with van der Waals surface area (Å²) < 4.78 is 0. The highest BCUT2D eigenvalue weighted by molar-refractivity contribution is 5.76. The van der Waals surface area contributed by atoms with E-state index in [0.29, 0.717) is 6.42 Å². The lowest BCUT2D eigenvalue weighted by atomic mass is 10.0. The van der Waals surface area contributed by atoms with Crippen molar-refractivity contribution in [2.45, 2.75) is 38.6 Å². The van der Waals surface area contributed by atoms with Gasteiger partial charge in [0.15, 0.2) is 0 Å². The summed E-state index contributed by atoms with van der Waals surface area (Å²) in [6.45, 7) is 5.54. The Labute approximate surface area is 73.4 Å². The van der Waals surface area contributed by atoms with Crippen LogP contribution in [0.2, 0.25) is 0 Å². The minimum Gasteiger partial charge on any atom is -0.349 e. The topological polar surface area (TPSA) is 29.1 Å². The van der Waals surface area contributed by atoms with E-state index >= 15 is 0 Å². The molecule has 2 nitrogen and oxygen atoms in total. The van der Waals surface area contributed by atoms with Crippen LogP contribution in [0.5, 0.6) is 0 Å². The number of nitrogens with one attached hydrogen (secondary N) is 1. The molecule has 0 aromatic rings. The van der Waals surface area contributed by atoms with Crippen molar-refractivity contribution in [1.29, 1.82) is 0 Å². The summed E-state index contributed by atoms with van der Waals surface area (Å²) >= 11 is 0. The van der Waals surface area contributed by atoms with E-state index in [4.69, 9.17) is 0 Å². The average Bonchev–Trinajstić information content (AvgIpc) is 2.28. The molecule has 0 saturated carbocycles. The van der Waals surface area contributed by atoms with Crippen LogP contribution < -0.4 is 5.32 Å². The van der Waals surface area contributed by atoms with E-state index < -0.39 is 0 Å². The van der Waals surface area contributed by atoms with Gasteiger partial charge in [-0.1, -0.05) is 13.0 Å². The zero-order valence-corrected chi connectivity index (χ0v) is 7.52. The van der Waals surface area contributed by atoms with Gasteiger partial charge in [0, 0.05) is 6.42 Å². The second-order valence-corrected chi connectivity index (χ2v) is 3.23. The van der Waals surface area contributed by atoms with Crippen molar-refractivity contribution in [2.24, 2.45) is 0 Å². The lowest BCUT2D eigenvalue weighted by Gasteiger charge is -2.14. The number of carbonyl (C=O) groups excluding carboxylic acids is 1. The predicted octanol–water partition coefficient (Wildman–Crippen LogP) is 1.78. The van der Waals surface area contributed by atoms with Crippen molar-refractivity contribution in [1.82, 2.24) is 5.32 Å². The van der Waals surface area contributed by atoms with Crippen LogP contribution in [0.3, 0.4) is 0 Å². The smallest absolute Gasteiger partial charge is 0.220 e. The highest BCUT2D eigenvalue weighted by Gasteiger charge is 2.16. The Morgan fingerprint density at radius 2 is 2.42 bits per heavy atom. The van der Waals surface area contributed by atoms with Crippen LogP contribution >= 0.6 is 0 Å². The number of hydrogen-bond acceptors (Lipinski definition) is 1. The minimum atomic E-state index is 0.159. The van der Waals surface area contributed by atoms with Crippen LogP contribution in [0, 0.1) is 0 Å². The molecule has 12 heavy (non-hydrogen) atoms. The van der Waals surface area contributed by atoms with Crippen molar-refractivity contribution < 1.29 is 4.79 Å². The Kier molecular flexibility index (Phi) is 3.12. The van der Waals surface area contributed by atoms with Crippen LogP contribution in [0.4, 0.5) is 0 Å². The van der Waals surface area contributed by atoms with Gasteiger partial charge in [0.2, 0.25) is 5.91 Å². The maximum atomic E-state index is 11.1. The first-order chi connectivity index (χ1) is 5.74. The van der Waals surface area contributed by atoms with E-state index in [1.807, 2.05) is 6.92 Å². The first-order valence-electron chi connectivity index (χ1n) is 4.40. The average molecular weight is 165 g/mol. The predicted molar refractivity (Wildman–Crippen MR) is 48.7 cm³/mol. The highest BCUT2D eigenvalue weighted by Crippen LogP contribution is 2.14. The lowest BCUT2D eigenvalue weighted by Crippen LogP contribution is -2.33. The molecular formula is C10H15NO. The Balaban J connectivity index is 2.64. The fourth-order valence-corrected chi connectivity index (χ4v) is 1.42. The van der Waals surface area contributed by atoms with Crippen LogP contribution in [-0.2, 0) is 4.79 Å². The third-order valence-corrected chi connectivity index (χ3v) is 2.28. The van der Waals surface area contributed by atoms with E-state index in [0.717, 1.165) is 24.8 Å². The van der Waals surface area contributed by atoms with E-state index in [1.165, 1.54) is 0 Å². The van der Waals surface area contributed by atoms with Gasteiger partial charge in [-0.15, -0.1) is 5.73 Å². The summed E-state index contributed by atoms with van der Waals surface area (Å²) in [4.78, 5) is 11.1. The Morgan fingerprint density at radius 3 is 3.08 bits per heavy atom. The summed E-state index contributed by atoms with van der Waals surface area (Å²) in [5, 5.41) is 2.95. The van der Waals surface area contributed by atoms with Crippen LogP contribution in [0.25, 0.3) is 0 Å². The number of carbonyl (C=O) groups is 1. The van der Waals surface area contributed by atoms with E-state index in [1.54, 1.807) is 0 Å². The van der Waals surface area contributed by atoms with Crippen LogP contribution in [0.1, 0.15) is 32.6 Å². The molecule has 0 unspecified atom stereocenters. The molecule has 1 N–H and O–H groups in total. The third kappa shape index (κ3) is 2.24. The SMILES string of the molecule is C=C=C(C)[C@@H]1CCCCC(=O)N1. The zero-order valence-electron chi connectivity index (χ0n) is 7.52. The molecule has 2 heteroatoms. The molecule has 1 aliphatic rings. The molecule has 0 radical (unpaired) electrons. The van der Waals surface area contributed by atoms with Crippen molar-refractivity contribution >= 4 is 5.91 Å². The normalized spacial score (nSPS) is 23.8. The maximum Gasteiger partial charge on any atom is 0.220 e. The molecule has 1 atom stereocenters. The molecule has 1 saturated heterocycles. The van der Waals surface area contributed by atoms with Crippen LogP contribution in [0.15, 0.2) is 17.9 Å². The summed E-state index contributed by atoms with van der Waals surface area (Å²) in [6.07, 6.45) is 3.82. The lowest BCUT2D eigenvalue weighted by molar-refractivity contribution is -0.121. The molecule has 0 aromatic carbocycles.